The Labute approximate surface area is 198 Å². The first-order chi connectivity index (χ1) is 15.3. The van der Waals surface area contributed by atoms with Gasteiger partial charge in [0.2, 0.25) is 0 Å². The number of nitrogens with two attached hydrogens (primary N) is 1. The van der Waals surface area contributed by atoms with E-state index in [0.717, 1.165) is 34.4 Å². The summed E-state index contributed by atoms with van der Waals surface area (Å²) in [6, 6.07) is 4.59. The van der Waals surface area contributed by atoms with Gasteiger partial charge in [-0.05, 0) is 44.0 Å². The van der Waals surface area contributed by atoms with E-state index in [2.05, 4.69) is 43.6 Å². The lowest BCUT2D eigenvalue weighted by atomic mass is 9.95. The molecule has 0 fully saturated rings. The van der Waals surface area contributed by atoms with Crippen molar-refractivity contribution >= 4 is 39.2 Å². The zero-order valence-electron chi connectivity index (χ0n) is 19.3. The molecule has 1 aromatic heterocycles. The molecule has 0 aliphatic carbocycles. The van der Waals surface area contributed by atoms with Crippen LogP contribution in [0, 0.1) is 12.7 Å². The summed E-state index contributed by atoms with van der Waals surface area (Å²) in [6.45, 7) is 10.4. The van der Waals surface area contributed by atoms with E-state index in [-0.39, 0.29) is 11.3 Å². The molecule has 1 aliphatic heterocycles. The van der Waals surface area contributed by atoms with Gasteiger partial charge in [0, 0.05) is 52.8 Å². The summed E-state index contributed by atoms with van der Waals surface area (Å²) in [4.78, 5) is 18.3. The number of pyridine rings is 1. The fourth-order valence-electron chi connectivity index (χ4n) is 3.65. The minimum absolute atomic E-state index is 0.118. The fraction of sp³-hybridized carbons (Fsp3) is 0.360. The van der Waals surface area contributed by atoms with E-state index in [1.807, 2.05) is 32.9 Å². The number of halogens is 2. The van der Waals surface area contributed by atoms with Crippen LogP contribution in [0.1, 0.15) is 54.4 Å². The Hall–Kier alpha value is -2.51. The van der Waals surface area contributed by atoms with Crippen molar-refractivity contribution in [3.05, 3.63) is 68.7 Å². The Morgan fingerprint density at radius 1 is 1.38 bits per heavy atom. The SMILES string of the molecule is CC.COC(=O)c1cc(N)c(C2=CCN(C/C(C)=C/c3c(Br)ccnc3C)CC2)c(F)c1. The first-order valence-electron chi connectivity index (χ1n) is 10.7. The lowest BCUT2D eigenvalue weighted by molar-refractivity contribution is 0.0600. The number of benzene rings is 1. The standard InChI is InChI=1S/C23H25BrFN3O2.C2H6/c1-14(10-18-15(2)27-7-4-19(18)24)13-28-8-5-16(6-9-28)22-20(25)11-17(12-21(22)26)23(29)30-3;1-2/h4-5,7,10-12H,6,8-9,13,26H2,1-3H3;1-2H3/b14-10+;. The minimum Gasteiger partial charge on any atom is -0.465 e. The molecule has 32 heavy (non-hydrogen) atoms. The van der Waals surface area contributed by atoms with E-state index in [0.29, 0.717) is 18.5 Å². The summed E-state index contributed by atoms with van der Waals surface area (Å²) in [6.07, 6.45) is 6.62. The highest BCUT2D eigenvalue weighted by Crippen LogP contribution is 2.31. The monoisotopic (exact) mass is 503 g/mol. The molecule has 1 aliphatic rings. The van der Waals surface area contributed by atoms with Crippen LogP contribution in [0.5, 0.6) is 0 Å². The van der Waals surface area contributed by atoms with Crippen molar-refractivity contribution in [1.29, 1.82) is 0 Å². The number of anilines is 1. The number of ether oxygens (including phenoxy) is 1. The normalized spacial score (nSPS) is 14.3. The molecule has 0 atom stereocenters. The summed E-state index contributed by atoms with van der Waals surface area (Å²) >= 11 is 3.58. The molecule has 3 rings (SSSR count). The van der Waals surface area contributed by atoms with Gasteiger partial charge in [0.1, 0.15) is 5.82 Å². The highest BCUT2D eigenvalue weighted by molar-refractivity contribution is 9.10. The summed E-state index contributed by atoms with van der Waals surface area (Å²) < 4.78 is 20.3. The highest BCUT2D eigenvalue weighted by atomic mass is 79.9. The molecule has 2 heterocycles. The molecular weight excluding hydrogens is 473 g/mol. The number of nitrogens with zero attached hydrogens (tertiary/aromatic N) is 2. The third-order valence-electron chi connectivity index (χ3n) is 5.16. The van der Waals surface area contributed by atoms with Crippen molar-refractivity contribution in [2.75, 3.05) is 32.5 Å². The van der Waals surface area contributed by atoms with Crippen molar-refractivity contribution in [3.63, 3.8) is 0 Å². The second-order valence-electron chi connectivity index (χ2n) is 7.41. The van der Waals surface area contributed by atoms with Gasteiger partial charge in [-0.15, -0.1) is 0 Å². The molecule has 2 aromatic rings. The highest BCUT2D eigenvalue weighted by Gasteiger charge is 2.20. The molecule has 0 bridgehead atoms. The van der Waals surface area contributed by atoms with Crippen LogP contribution in [-0.4, -0.2) is 42.6 Å². The topological polar surface area (TPSA) is 68.5 Å². The number of aryl methyl sites for hydroxylation is 1. The van der Waals surface area contributed by atoms with Gasteiger partial charge in [-0.25, -0.2) is 9.18 Å². The van der Waals surface area contributed by atoms with Crippen LogP contribution in [0.4, 0.5) is 10.1 Å². The maximum Gasteiger partial charge on any atom is 0.338 e. The van der Waals surface area contributed by atoms with Crippen LogP contribution < -0.4 is 5.73 Å². The molecule has 0 saturated heterocycles. The molecular formula is C25H31BrFN3O2. The van der Waals surface area contributed by atoms with Gasteiger partial charge in [0.25, 0.3) is 0 Å². The largest absolute Gasteiger partial charge is 0.465 e. The molecule has 0 amide bonds. The van der Waals surface area contributed by atoms with Crippen LogP contribution in [0.15, 0.2) is 40.5 Å². The van der Waals surface area contributed by atoms with Crippen LogP contribution in [0.2, 0.25) is 0 Å². The molecule has 0 spiro atoms. The summed E-state index contributed by atoms with van der Waals surface area (Å²) in [5.74, 6) is -1.10. The Kier molecular flexibility index (Phi) is 9.60. The molecule has 2 N–H and O–H groups in total. The lowest BCUT2D eigenvalue weighted by Gasteiger charge is -2.27. The van der Waals surface area contributed by atoms with E-state index >= 15 is 0 Å². The van der Waals surface area contributed by atoms with Crippen molar-refractivity contribution in [2.45, 2.75) is 34.1 Å². The van der Waals surface area contributed by atoms with E-state index < -0.39 is 11.8 Å². The first kappa shape index (κ1) is 25.7. The van der Waals surface area contributed by atoms with Crippen LogP contribution in [-0.2, 0) is 4.74 Å². The average Bonchev–Trinajstić information content (AvgIpc) is 2.78. The van der Waals surface area contributed by atoms with E-state index in [1.54, 1.807) is 6.20 Å². The molecule has 0 radical (unpaired) electrons. The van der Waals surface area contributed by atoms with Gasteiger partial charge in [0.05, 0.1) is 12.7 Å². The lowest BCUT2D eigenvalue weighted by Crippen LogP contribution is -2.30. The minimum atomic E-state index is -0.603. The number of hydrogen-bond acceptors (Lipinski definition) is 5. The molecule has 7 heteroatoms. The fourth-order valence-corrected chi connectivity index (χ4v) is 4.17. The maximum absolute atomic E-state index is 14.7. The third kappa shape index (κ3) is 6.26. The molecule has 0 saturated carbocycles. The predicted molar refractivity (Wildman–Crippen MR) is 133 cm³/mol. The van der Waals surface area contributed by atoms with Crippen LogP contribution in [0.3, 0.4) is 0 Å². The van der Waals surface area contributed by atoms with Crippen LogP contribution in [0.25, 0.3) is 11.6 Å². The number of esters is 1. The second-order valence-corrected chi connectivity index (χ2v) is 8.27. The van der Waals surface area contributed by atoms with Gasteiger partial charge in [0.15, 0.2) is 0 Å². The molecule has 1 aromatic carbocycles. The number of rotatable bonds is 5. The Morgan fingerprint density at radius 3 is 2.66 bits per heavy atom. The van der Waals surface area contributed by atoms with Gasteiger partial charge in [-0.1, -0.05) is 47.5 Å². The van der Waals surface area contributed by atoms with E-state index in [4.69, 9.17) is 5.73 Å². The summed E-state index contributed by atoms with van der Waals surface area (Å²) in [5.41, 5.74) is 11.0. The average molecular weight is 504 g/mol. The van der Waals surface area contributed by atoms with Gasteiger partial charge in [-0.3, -0.25) is 9.88 Å². The van der Waals surface area contributed by atoms with Gasteiger partial charge >= 0.3 is 5.97 Å². The van der Waals surface area contributed by atoms with Crippen LogP contribution >= 0.6 is 15.9 Å². The smallest absolute Gasteiger partial charge is 0.338 e. The molecule has 5 nitrogen and oxygen atoms in total. The quantitative estimate of drug-likeness (QED) is 0.407. The summed E-state index contributed by atoms with van der Waals surface area (Å²) in [5, 5.41) is 0. The van der Waals surface area contributed by atoms with Crippen molar-refractivity contribution in [2.24, 2.45) is 0 Å². The Morgan fingerprint density at radius 2 is 2.09 bits per heavy atom. The zero-order chi connectivity index (χ0) is 23.8. The number of carbonyl (C=O) groups is 1. The summed E-state index contributed by atoms with van der Waals surface area (Å²) in [7, 11) is 1.26. The number of methoxy groups -OCH3 is 1. The van der Waals surface area contributed by atoms with E-state index in [9.17, 15) is 9.18 Å². The second kappa shape index (κ2) is 11.9. The van der Waals surface area contributed by atoms with Crippen molar-refractivity contribution in [3.8, 4) is 0 Å². The Balaban J connectivity index is 0.00000176. The Bertz CT molecular complexity index is 991. The maximum atomic E-state index is 14.7. The van der Waals surface area contributed by atoms with Crippen molar-refractivity contribution < 1.29 is 13.9 Å². The first-order valence-corrected chi connectivity index (χ1v) is 11.5. The van der Waals surface area contributed by atoms with Gasteiger partial charge < -0.3 is 10.5 Å². The third-order valence-corrected chi connectivity index (χ3v) is 5.85. The number of hydrogen-bond donors (Lipinski definition) is 1. The zero-order valence-corrected chi connectivity index (χ0v) is 20.9. The van der Waals surface area contributed by atoms with E-state index in [1.165, 1.54) is 24.8 Å². The van der Waals surface area contributed by atoms with Crippen molar-refractivity contribution in [1.82, 2.24) is 9.88 Å². The predicted octanol–water partition coefficient (Wildman–Crippen LogP) is 5.88. The number of nitrogen functional groups attached to an aromatic ring is 1. The molecule has 0 unspecified atom stereocenters. The van der Waals surface area contributed by atoms with Gasteiger partial charge in [-0.2, -0.15) is 0 Å². The number of carbonyl (C=O) groups excluding carboxylic acids is 1. The molecule has 172 valence electrons. The number of aromatic nitrogens is 1.